The zero-order valence-corrected chi connectivity index (χ0v) is 38.0. The molecule has 0 bridgehead atoms. The van der Waals surface area contributed by atoms with Crippen LogP contribution in [-0.2, 0) is 14.3 Å². The third-order valence-corrected chi connectivity index (χ3v) is 11.9. The summed E-state index contributed by atoms with van der Waals surface area (Å²) in [6.45, 7) is 6.50. The summed E-state index contributed by atoms with van der Waals surface area (Å²) in [7, 11) is 0. The highest BCUT2D eigenvalue weighted by atomic mass is 16.5. The highest BCUT2D eigenvalue weighted by Gasteiger charge is 2.24. The molecule has 0 aromatic heterocycles. The van der Waals surface area contributed by atoms with Crippen molar-refractivity contribution in [2.24, 2.45) is 0 Å². The van der Waals surface area contributed by atoms with Crippen molar-refractivity contribution in [1.29, 1.82) is 0 Å². The summed E-state index contributed by atoms with van der Waals surface area (Å²) in [5.41, 5.74) is 0. The number of ether oxygens (including phenoxy) is 1. The molecule has 0 aliphatic carbocycles. The number of carbonyl (C=O) groups is 2. The molecule has 56 heavy (non-hydrogen) atoms. The number of amides is 1. The van der Waals surface area contributed by atoms with Crippen molar-refractivity contribution in [3.8, 4) is 0 Å². The Balaban J connectivity index is 4.51. The van der Waals surface area contributed by atoms with Gasteiger partial charge in [0.15, 0.2) is 0 Å². The van der Waals surface area contributed by atoms with Crippen molar-refractivity contribution in [1.82, 2.24) is 5.32 Å². The van der Waals surface area contributed by atoms with Gasteiger partial charge >= 0.3 is 5.97 Å². The van der Waals surface area contributed by atoms with Gasteiger partial charge in [-0.05, 0) is 25.7 Å². The standard InChI is InChI=1S/C50H99NO5/c1-4-7-10-13-16-19-22-25-27-30-33-36-39-42-48(53)47(45-52)51-49(54)44-46(41-38-35-32-29-26-23-20-17-14-11-8-5-2)56-50(55)43-40-37-34-31-28-24-21-18-15-12-9-6-3/h46-48,52-53H,4-45H2,1-3H3,(H,51,54). The minimum Gasteiger partial charge on any atom is -0.462 e. The molecule has 0 aromatic rings. The average molecular weight is 794 g/mol. The van der Waals surface area contributed by atoms with E-state index in [0.29, 0.717) is 19.3 Å². The highest BCUT2D eigenvalue weighted by Crippen LogP contribution is 2.19. The molecule has 0 aliphatic rings. The van der Waals surface area contributed by atoms with Gasteiger partial charge in [0.05, 0.1) is 25.2 Å². The van der Waals surface area contributed by atoms with Crippen molar-refractivity contribution < 1.29 is 24.5 Å². The van der Waals surface area contributed by atoms with E-state index in [1.54, 1.807) is 0 Å². The van der Waals surface area contributed by atoms with E-state index in [0.717, 1.165) is 44.9 Å². The molecular formula is C50H99NO5. The highest BCUT2D eigenvalue weighted by molar-refractivity contribution is 5.77. The minimum absolute atomic E-state index is 0.0875. The maximum absolute atomic E-state index is 13.2. The van der Waals surface area contributed by atoms with E-state index in [-0.39, 0.29) is 24.9 Å². The summed E-state index contributed by atoms with van der Waals surface area (Å²) in [5, 5.41) is 23.7. The summed E-state index contributed by atoms with van der Waals surface area (Å²) in [5.74, 6) is -0.453. The van der Waals surface area contributed by atoms with Gasteiger partial charge in [-0.25, -0.2) is 0 Å². The third-order valence-electron chi connectivity index (χ3n) is 11.9. The molecule has 3 N–H and O–H groups in total. The summed E-state index contributed by atoms with van der Waals surface area (Å²) in [4.78, 5) is 26.1. The maximum atomic E-state index is 13.2. The molecule has 0 rings (SSSR count). The molecule has 0 aliphatic heterocycles. The van der Waals surface area contributed by atoms with Crippen LogP contribution in [0.25, 0.3) is 0 Å². The molecule has 0 saturated heterocycles. The van der Waals surface area contributed by atoms with Gasteiger partial charge in [-0.2, -0.15) is 0 Å². The van der Waals surface area contributed by atoms with Crippen LogP contribution in [0.15, 0.2) is 0 Å². The van der Waals surface area contributed by atoms with Crippen molar-refractivity contribution >= 4 is 11.9 Å². The van der Waals surface area contributed by atoms with E-state index in [9.17, 15) is 19.8 Å². The quantitative estimate of drug-likeness (QED) is 0.0421. The predicted octanol–water partition coefficient (Wildman–Crippen LogP) is 14.8. The van der Waals surface area contributed by atoms with Gasteiger partial charge in [0.2, 0.25) is 5.91 Å². The van der Waals surface area contributed by atoms with Crippen LogP contribution in [0.3, 0.4) is 0 Å². The second-order valence-corrected chi connectivity index (χ2v) is 17.6. The van der Waals surface area contributed by atoms with Crippen molar-refractivity contribution in [2.45, 2.75) is 302 Å². The van der Waals surface area contributed by atoms with Crippen molar-refractivity contribution in [3.05, 3.63) is 0 Å². The number of rotatable bonds is 46. The number of nitrogens with one attached hydrogen (secondary N) is 1. The second-order valence-electron chi connectivity index (χ2n) is 17.6. The Morgan fingerprint density at radius 2 is 0.750 bits per heavy atom. The van der Waals surface area contributed by atoms with Crippen LogP contribution in [0.5, 0.6) is 0 Å². The minimum atomic E-state index is -0.778. The van der Waals surface area contributed by atoms with Gasteiger partial charge in [-0.15, -0.1) is 0 Å². The fraction of sp³-hybridized carbons (Fsp3) is 0.960. The molecule has 1 amide bonds. The number of esters is 1. The Bertz CT molecular complexity index is 806. The van der Waals surface area contributed by atoms with Crippen LogP contribution in [0.1, 0.15) is 284 Å². The number of aliphatic hydroxyl groups is 2. The predicted molar refractivity (Wildman–Crippen MR) is 241 cm³/mol. The lowest BCUT2D eigenvalue weighted by molar-refractivity contribution is -0.151. The molecule has 0 radical (unpaired) electrons. The zero-order chi connectivity index (χ0) is 41.0. The molecule has 0 saturated carbocycles. The molecule has 6 nitrogen and oxygen atoms in total. The average Bonchev–Trinajstić information content (AvgIpc) is 3.19. The molecular weight excluding hydrogens is 695 g/mol. The van der Waals surface area contributed by atoms with Crippen LogP contribution in [0.4, 0.5) is 0 Å². The smallest absolute Gasteiger partial charge is 0.306 e. The Morgan fingerprint density at radius 1 is 0.446 bits per heavy atom. The number of unbranched alkanes of at least 4 members (excludes halogenated alkanes) is 34. The van der Waals surface area contributed by atoms with E-state index in [4.69, 9.17) is 4.74 Å². The fourth-order valence-electron chi connectivity index (χ4n) is 8.08. The molecule has 0 fully saturated rings. The Kier molecular flexibility index (Phi) is 44.0. The van der Waals surface area contributed by atoms with E-state index in [1.807, 2.05) is 0 Å². The zero-order valence-electron chi connectivity index (χ0n) is 38.0. The third kappa shape index (κ3) is 39.7. The lowest BCUT2D eigenvalue weighted by atomic mass is 10.0. The fourth-order valence-corrected chi connectivity index (χ4v) is 8.08. The van der Waals surface area contributed by atoms with E-state index in [2.05, 4.69) is 26.1 Å². The first-order valence-electron chi connectivity index (χ1n) is 25.3. The lowest BCUT2D eigenvalue weighted by Gasteiger charge is -2.24. The van der Waals surface area contributed by atoms with Gasteiger partial charge in [0.25, 0.3) is 0 Å². The molecule has 0 aromatic carbocycles. The van der Waals surface area contributed by atoms with Gasteiger partial charge in [0, 0.05) is 6.42 Å². The number of aliphatic hydroxyl groups excluding tert-OH is 2. The first kappa shape index (κ1) is 54.9. The topological polar surface area (TPSA) is 95.9 Å². The summed E-state index contributed by atoms with van der Waals surface area (Å²) >= 11 is 0. The molecule has 3 atom stereocenters. The first-order chi connectivity index (χ1) is 27.5. The Labute approximate surface area is 349 Å². The molecule has 6 heteroatoms. The van der Waals surface area contributed by atoms with Crippen LogP contribution in [0, 0.1) is 0 Å². The van der Waals surface area contributed by atoms with Crippen LogP contribution in [0.2, 0.25) is 0 Å². The van der Waals surface area contributed by atoms with E-state index < -0.39 is 18.2 Å². The Morgan fingerprint density at radius 3 is 1.09 bits per heavy atom. The normalized spacial score (nSPS) is 13.2. The molecule has 0 heterocycles. The second kappa shape index (κ2) is 45.0. The maximum Gasteiger partial charge on any atom is 0.306 e. The van der Waals surface area contributed by atoms with Gasteiger partial charge in [-0.3, -0.25) is 9.59 Å². The van der Waals surface area contributed by atoms with E-state index in [1.165, 1.54) is 193 Å². The van der Waals surface area contributed by atoms with Gasteiger partial charge in [0.1, 0.15) is 6.10 Å². The van der Waals surface area contributed by atoms with Gasteiger partial charge in [-0.1, -0.05) is 245 Å². The van der Waals surface area contributed by atoms with E-state index >= 15 is 0 Å². The lowest BCUT2D eigenvalue weighted by Crippen LogP contribution is -2.46. The monoisotopic (exact) mass is 794 g/mol. The molecule has 3 unspecified atom stereocenters. The number of hydrogen-bond donors (Lipinski definition) is 3. The number of carbonyl (C=O) groups excluding carboxylic acids is 2. The van der Waals surface area contributed by atoms with Crippen molar-refractivity contribution in [2.75, 3.05) is 6.61 Å². The van der Waals surface area contributed by atoms with Crippen LogP contribution in [-0.4, -0.2) is 46.9 Å². The van der Waals surface area contributed by atoms with Crippen LogP contribution >= 0.6 is 0 Å². The summed E-state index contributed by atoms with van der Waals surface area (Å²) < 4.78 is 5.92. The number of hydrogen-bond acceptors (Lipinski definition) is 5. The molecule has 334 valence electrons. The van der Waals surface area contributed by atoms with Crippen LogP contribution < -0.4 is 5.32 Å². The Hall–Kier alpha value is -1.14. The summed E-state index contributed by atoms with van der Waals surface area (Å²) in [6.07, 6.45) is 47.3. The largest absolute Gasteiger partial charge is 0.462 e. The SMILES string of the molecule is CCCCCCCCCCCCCCCC(O)C(CO)NC(=O)CC(CCCCCCCCCCCCCC)OC(=O)CCCCCCCCCCCCCC. The first-order valence-corrected chi connectivity index (χ1v) is 25.3. The van der Waals surface area contributed by atoms with Crippen molar-refractivity contribution in [3.63, 3.8) is 0 Å². The summed E-state index contributed by atoms with van der Waals surface area (Å²) in [6, 6.07) is -0.691. The molecule has 0 spiro atoms. The van der Waals surface area contributed by atoms with Gasteiger partial charge < -0.3 is 20.3 Å².